The molecule has 3 aromatic carbocycles. The van der Waals surface area contributed by atoms with E-state index < -0.39 is 10.0 Å². The van der Waals surface area contributed by atoms with Gasteiger partial charge in [-0.05, 0) is 48.5 Å². The summed E-state index contributed by atoms with van der Waals surface area (Å²) in [5.74, 6) is 0.370. The van der Waals surface area contributed by atoms with Crippen molar-refractivity contribution in [1.29, 1.82) is 0 Å². The van der Waals surface area contributed by atoms with E-state index >= 15 is 0 Å². The molecule has 0 unspecified atom stereocenters. The van der Waals surface area contributed by atoms with E-state index in [4.69, 9.17) is 4.74 Å². The summed E-state index contributed by atoms with van der Waals surface area (Å²) in [6.45, 7) is 2.74. The third kappa shape index (κ3) is 4.66. The molecule has 1 aliphatic heterocycles. The third-order valence-corrected chi connectivity index (χ3v) is 7.66. The van der Waals surface area contributed by atoms with Gasteiger partial charge in [-0.1, -0.05) is 30.3 Å². The molecule has 3 aromatic rings. The fourth-order valence-corrected chi connectivity index (χ4v) is 5.14. The molecule has 0 N–H and O–H groups in total. The van der Waals surface area contributed by atoms with Crippen molar-refractivity contribution < 1.29 is 17.9 Å². The second-order valence-electron chi connectivity index (χ2n) is 7.78. The van der Waals surface area contributed by atoms with E-state index in [9.17, 15) is 13.2 Å². The zero-order valence-electron chi connectivity index (χ0n) is 18.7. The predicted molar refractivity (Wildman–Crippen MR) is 130 cm³/mol. The van der Waals surface area contributed by atoms with Gasteiger partial charge in [0.25, 0.3) is 15.9 Å². The van der Waals surface area contributed by atoms with Crippen molar-refractivity contribution in [2.24, 2.45) is 0 Å². The van der Waals surface area contributed by atoms with E-state index in [2.05, 4.69) is 17.0 Å². The molecule has 1 amide bonds. The SMILES string of the molecule is COc1ccccc1N(C)S(=O)(=O)c1ccc(C(=O)N2CCN(c3ccccc3)CC2)cc1. The van der Waals surface area contributed by atoms with Gasteiger partial charge >= 0.3 is 0 Å². The highest BCUT2D eigenvalue weighted by Crippen LogP contribution is 2.31. The van der Waals surface area contributed by atoms with Crippen LogP contribution >= 0.6 is 0 Å². The molecular formula is C25H27N3O4S. The molecule has 1 aliphatic rings. The minimum atomic E-state index is -3.81. The van der Waals surface area contributed by atoms with E-state index in [0.717, 1.165) is 18.8 Å². The van der Waals surface area contributed by atoms with Gasteiger partial charge in [0.05, 0.1) is 17.7 Å². The number of amides is 1. The Hall–Kier alpha value is -3.52. The lowest BCUT2D eigenvalue weighted by Gasteiger charge is -2.36. The summed E-state index contributed by atoms with van der Waals surface area (Å²) in [4.78, 5) is 17.2. The summed E-state index contributed by atoms with van der Waals surface area (Å²) < 4.78 is 32.7. The predicted octanol–water partition coefficient (Wildman–Crippen LogP) is 3.48. The molecule has 0 bridgehead atoms. The Balaban J connectivity index is 1.45. The van der Waals surface area contributed by atoms with Crippen LogP contribution in [0.1, 0.15) is 10.4 Å². The second-order valence-corrected chi connectivity index (χ2v) is 9.75. The standard InChI is InChI=1S/C25H27N3O4S/c1-26(23-10-6-7-11-24(23)32-2)33(30,31)22-14-12-20(13-15-22)25(29)28-18-16-27(17-19-28)21-8-4-3-5-9-21/h3-15H,16-19H2,1-2H3. The number of hydrogen-bond acceptors (Lipinski definition) is 5. The maximum absolute atomic E-state index is 13.1. The van der Waals surface area contributed by atoms with Crippen molar-refractivity contribution in [3.8, 4) is 5.75 Å². The van der Waals surface area contributed by atoms with Gasteiger partial charge in [0, 0.05) is 44.5 Å². The average molecular weight is 466 g/mol. The number of para-hydroxylation sites is 3. The number of nitrogens with zero attached hydrogens (tertiary/aromatic N) is 3. The Morgan fingerprint density at radius 1 is 0.848 bits per heavy atom. The Labute approximate surface area is 194 Å². The fraction of sp³-hybridized carbons (Fsp3) is 0.240. The number of methoxy groups -OCH3 is 1. The number of carbonyl (C=O) groups is 1. The lowest BCUT2D eigenvalue weighted by atomic mass is 10.1. The van der Waals surface area contributed by atoms with Gasteiger partial charge in [-0.3, -0.25) is 9.10 Å². The molecule has 0 aliphatic carbocycles. The van der Waals surface area contributed by atoms with Crippen molar-refractivity contribution in [1.82, 2.24) is 4.90 Å². The average Bonchev–Trinajstić information content (AvgIpc) is 2.88. The smallest absolute Gasteiger partial charge is 0.264 e. The largest absolute Gasteiger partial charge is 0.495 e. The topological polar surface area (TPSA) is 70.2 Å². The Kier molecular flexibility index (Phi) is 6.55. The molecule has 172 valence electrons. The number of hydrogen-bond donors (Lipinski definition) is 0. The van der Waals surface area contributed by atoms with Gasteiger partial charge in [0.2, 0.25) is 0 Å². The van der Waals surface area contributed by atoms with Crippen LogP contribution in [-0.2, 0) is 10.0 Å². The quantitative estimate of drug-likeness (QED) is 0.558. The van der Waals surface area contributed by atoms with E-state index in [1.54, 1.807) is 36.4 Å². The van der Waals surface area contributed by atoms with Crippen LogP contribution < -0.4 is 13.9 Å². The third-order valence-electron chi connectivity index (χ3n) is 5.87. The fourth-order valence-electron chi connectivity index (χ4n) is 3.94. The van der Waals surface area contributed by atoms with Gasteiger partial charge in [-0.25, -0.2) is 8.42 Å². The summed E-state index contributed by atoms with van der Waals surface area (Å²) in [5.41, 5.74) is 2.07. The lowest BCUT2D eigenvalue weighted by Crippen LogP contribution is -2.48. The van der Waals surface area contributed by atoms with Crippen LogP contribution in [0.5, 0.6) is 5.75 Å². The van der Waals surface area contributed by atoms with Crippen LogP contribution in [0.2, 0.25) is 0 Å². The first kappa shape index (κ1) is 22.7. The number of ether oxygens (including phenoxy) is 1. The van der Waals surface area contributed by atoms with Crippen LogP contribution in [0.25, 0.3) is 0 Å². The van der Waals surface area contributed by atoms with Gasteiger partial charge in [0.1, 0.15) is 5.75 Å². The van der Waals surface area contributed by atoms with Crippen LogP contribution in [-0.4, -0.2) is 59.6 Å². The molecule has 0 saturated carbocycles. The van der Waals surface area contributed by atoms with Crippen LogP contribution in [0.4, 0.5) is 11.4 Å². The minimum absolute atomic E-state index is 0.0928. The zero-order chi connectivity index (χ0) is 23.4. The monoisotopic (exact) mass is 465 g/mol. The first-order valence-electron chi connectivity index (χ1n) is 10.7. The Bertz CT molecular complexity index is 1210. The minimum Gasteiger partial charge on any atom is -0.495 e. The van der Waals surface area contributed by atoms with E-state index in [-0.39, 0.29) is 10.8 Å². The van der Waals surface area contributed by atoms with Crippen molar-refractivity contribution in [3.05, 3.63) is 84.4 Å². The summed E-state index contributed by atoms with van der Waals surface area (Å²) >= 11 is 0. The molecule has 0 radical (unpaired) electrons. The molecule has 4 rings (SSSR count). The highest BCUT2D eigenvalue weighted by molar-refractivity contribution is 7.92. The Morgan fingerprint density at radius 2 is 1.45 bits per heavy atom. The van der Waals surface area contributed by atoms with Gasteiger partial charge in [-0.2, -0.15) is 0 Å². The second kappa shape index (κ2) is 9.54. The molecular weight excluding hydrogens is 438 g/mol. The van der Waals surface area contributed by atoms with Crippen LogP contribution in [0.15, 0.2) is 83.8 Å². The van der Waals surface area contributed by atoms with Crippen LogP contribution in [0.3, 0.4) is 0 Å². The van der Waals surface area contributed by atoms with Crippen molar-refractivity contribution in [2.75, 3.05) is 49.5 Å². The number of rotatable bonds is 6. The maximum atomic E-state index is 13.1. The first-order chi connectivity index (χ1) is 15.9. The molecule has 1 saturated heterocycles. The molecule has 0 aromatic heterocycles. The highest BCUT2D eigenvalue weighted by Gasteiger charge is 2.26. The van der Waals surface area contributed by atoms with Gasteiger partial charge < -0.3 is 14.5 Å². The zero-order valence-corrected chi connectivity index (χ0v) is 19.5. The first-order valence-corrected chi connectivity index (χ1v) is 12.2. The lowest BCUT2D eigenvalue weighted by molar-refractivity contribution is 0.0746. The molecule has 7 nitrogen and oxygen atoms in total. The van der Waals surface area contributed by atoms with Gasteiger partial charge in [-0.15, -0.1) is 0 Å². The normalized spacial score (nSPS) is 14.1. The molecule has 33 heavy (non-hydrogen) atoms. The van der Waals surface area contributed by atoms with E-state index in [1.807, 2.05) is 23.1 Å². The summed E-state index contributed by atoms with van der Waals surface area (Å²) in [6, 6.07) is 23.2. The number of sulfonamides is 1. The van der Waals surface area contributed by atoms with Crippen molar-refractivity contribution in [3.63, 3.8) is 0 Å². The molecule has 8 heteroatoms. The van der Waals surface area contributed by atoms with Crippen LogP contribution in [0, 0.1) is 0 Å². The number of anilines is 2. The molecule has 1 heterocycles. The maximum Gasteiger partial charge on any atom is 0.264 e. The van der Waals surface area contributed by atoms with Gasteiger partial charge in [0.15, 0.2) is 0 Å². The summed E-state index contributed by atoms with van der Waals surface area (Å²) in [5, 5.41) is 0. The highest BCUT2D eigenvalue weighted by atomic mass is 32.2. The molecule has 1 fully saturated rings. The number of carbonyl (C=O) groups excluding carboxylic acids is 1. The number of benzene rings is 3. The van der Waals surface area contributed by atoms with Crippen molar-refractivity contribution in [2.45, 2.75) is 4.90 Å². The summed E-state index contributed by atoms with van der Waals surface area (Å²) in [7, 11) is -0.824. The molecule has 0 spiro atoms. The Morgan fingerprint density at radius 3 is 2.09 bits per heavy atom. The number of piperazine rings is 1. The van der Waals surface area contributed by atoms with E-state index in [0.29, 0.717) is 30.1 Å². The van der Waals surface area contributed by atoms with Crippen molar-refractivity contribution >= 4 is 27.3 Å². The van der Waals surface area contributed by atoms with E-state index in [1.165, 1.54) is 30.6 Å². The summed E-state index contributed by atoms with van der Waals surface area (Å²) in [6.07, 6.45) is 0. The molecule has 0 atom stereocenters.